The average molecular weight is 400 g/mol. The minimum absolute atomic E-state index is 0.0968. The van der Waals surface area contributed by atoms with E-state index in [1.165, 1.54) is 0 Å². The van der Waals surface area contributed by atoms with Crippen LogP contribution in [0.15, 0.2) is 18.2 Å². The van der Waals surface area contributed by atoms with Crippen molar-refractivity contribution in [1.82, 2.24) is 0 Å². The summed E-state index contributed by atoms with van der Waals surface area (Å²) in [5, 5.41) is 19.7. The fourth-order valence-corrected chi connectivity index (χ4v) is 3.43. The van der Waals surface area contributed by atoms with Crippen LogP contribution in [0.5, 0.6) is 0 Å². The molecule has 1 aromatic rings. The van der Waals surface area contributed by atoms with Gasteiger partial charge in [-0.3, -0.25) is 4.79 Å². The van der Waals surface area contributed by atoms with Crippen molar-refractivity contribution in [1.29, 1.82) is 5.26 Å². The van der Waals surface area contributed by atoms with Crippen molar-refractivity contribution < 1.29 is 19.4 Å². The van der Waals surface area contributed by atoms with Crippen LogP contribution >= 0.6 is 23.2 Å². The first-order valence-corrected chi connectivity index (χ1v) is 9.54. The van der Waals surface area contributed by atoms with Gasteiger partial charge >= 0.3 is 5.97 Å². The third-order valence-corrected chi connectivity index (χ3v) is 5.38. The van der Waals surface area contributed by atoms with E-state index in [1.54, 1.807) is 18.2 Å². The van der Waals surface area contributed by atoms with Gasteiger partial charge in [-0.05, 0) is 56.2 Å². The fraction of sp³-hybridized carbons (Fsp3) is 0.579. The van der Waals surface area contributed by atoms with E-state index in [-0.39, 0.29) is 19.1 Å². The number of hydrogen-bond acceptors (Lipinski definition) is 4. The standard InChI is InChI=1S/C19H23Cl2NO4/c20-15-6-5-14(12-16(15)21)19(13-22,9-7-17(23)24)8-3-11-26-18-4-1-2-10-25-18/h5-6,12,18H,1-4,7-11H2,(H,23,24). The lowest BCUT2D eigenvalue weighted by Gasteiger charge is -2.28. The molecular weight excluding hydrogens is 377 g/mol. The molecule has 2 atom stereocenters. The Morgan fingerprint density at radius 1 is 1.35 bits per heavy atom. The normalized spacial score (nSPS) is 19.5. The Balaban J connectivity index is 2.05. The van der Waals surface area contributed by atoms with Gasteiger partial charge in [0.2, 0.25) is 0 Å². The number of rotatable bonds is 9. The van der Waals surface area contributed by atoms with Gasteiger partial charge in [-0.15, -0.1) is 0 Å². The average Bonchev–Trinajstić information content (AvgIpc) is 2.64. The van der Waals surface area contributed by atoms with Crippen molar-refractivity contribution in [3.63, 3.8) is 0 Å². The third kappa shape index (κ3) is 5.85. The van der Waals surface area contributed by atoms with Crippen molar-refractivity contribution >= 4 is 29.2 Å². The van der Waals surface area contributed by atoms with Crippen LogP contribution < -0.4 is 0 Å². The summed E-state index contributed by atoms with van der Waals surface area (Å²) in [4.78, 5) is 11.1. The first kappa shape index (κ1) is 21.0. The zero-order chi connectivity index (χ0) is 19.0. The number of carboxylic acids is 1. The molecule has 1 aliphatic rings. The largest absolute Gasteiger partial charge is 0.481 e. The minimum atomic E-state index is -0.941. The molecule has 0 radical (unpaired) electrons. The Morgan fingerprint density at radius 2 is 2.15 bits per heavy atom. The van der Waals surface area contributed by atoms with Crippen LogP contribution in [0.1, 0.15) is 50.5 Å². The molecule has 1 aliphatic heterocycles. The Kier molecular flexibility index (Phi) is 8.17. The van der Waals surface area contributed by atoms with E-state index in [0.717, 1.165) is 19.3 Å². The number of ether oxygens (including phenoxy) is 2. The Labute approximate surface area is 163 Å². The molecule has 5 nitrogen and oxygen atoms in total. The first-order chi connectivity index (χ1) is 12.5. The van der Waals surface area contributed by atoms with E-state index < -0.39 is 11.4 Å². The SMILES string of the molecule is N#CC(CCCOC1CCCCO1)(CCC(=O)O)c1ccc(Cl)c(Cl)c1. The zero-order valence-electron chi connectivity index (χ0n) is 14.5. The van der Waals surface area contributed by atoms with Gasteiger partial charge in [0.15, 0.2) is 6.29 Å². The molecule has 1 aromatic carbocycles. The van der Waals surface area contributed by atoms with E-state index in [1.807, 2.05) is 0 Å². The molecule has 0 bridgehead atoms. The molecular formula is C19H23Cl2NO4. The van der Waals surface area contributed by atoms with E-state index >= 15 is 0 Å². The van der Waals surface area contributed by atoms with Crippen LogP contribution in [0.3, 0.4) is 0 Å². The number of nitrogens with zero attached hydrogens (tertiary/aromatic N) is 1. The number of halogens is 2. The van der Waals surface area contributed by atoms with Gasteiger partial charge in [0, 0.05) is 19.6 Å². The highest BCUT2D eigenvalue weighted by atomic mass is 35.5. The lowest BCUT2D eigenvalue weighted by Crippen LogP contribution is -2.27. The summed E-state index contributed by atoms with van der Waals surface area (Å²) in [5.74, 6) is -0.934. The highest BCUT2D eigenvalue weighted by Crippen LogP contribution is 2.37. The van der Waals surface area contributed by atoms with Crippen LogP contribution in [0.2, 0.25) is 10.0 Å². The van der Waals surface area contributed by atoms with Gasteiger partial charge in [0.05, 0.1) is 21.5 Å². The molecule has 0 spiro atoms. The molecule has 26 heavy (non-hydrogen) atoms. The van der Waals surface area contributed by atoms with Crippen molar-refractivity contribution in [3.05, 3.63) is 33.8 Å². The molecule has 7 heteroatoms. The van der Waals surface area contributed by atoms with Crippen molar-refractivity contribution in [2.75, 3.05) is 13.2 Å². The summed E-state index contributed by atoms with van der Waals surface area (Å²) >= 11 is 12.1. The van der Waals surface area contributed by atoms with Gasteiger partial charge in [-0.2, -0.15) is 5.26 Å². The summed E-state index contributed by atoms with van der Waals surface area (Å²) in [5.41, 5.74) is -0.256. The maximum atomic E-state index is 11.1. The predicted octanol–water partition coefficient (Wildman–Crippen LogP) is 4.94. The molecule has 1 saturated heterocycles. The summed E-state index contributed by atoms with van der Waals surface area (Å²) in [6.07, 6.45) is 4.06. The number of aliphatic carboxylic acids is 1. The lowest BCUT2D eigenvalue weighted by molar-refractivity contribution is -0.163. The minimum Gasteiger partial charge on any atom is -0.481 e. The highest BCUT2D eigenvalue weighted by molar-refractivity contribution is 6.42. The molecule has 1 fully saturated rings. The molecule has 0 saturated carbocycles. The van der Waals surface area contributed by atoms with Crippen molar-refractivity contribution in [2.45, 2.75) is 56.7 Å². The topological polar surface area (TPSA) is 79.5 Å². The molecule has 0 aromatic heterocycles. The van der Waals surface area contributed by atoms with Gasteiger partial charge in [-0.25, -0.2) is 0 Å². The maximum Gasteiger partial charge on any atom is 0.303 e. The second-order valence-electron chi connectivity index (χ2n) is 6.49. The Bertz CT molecular complexity index is 655. The molecule has 2 unspecified atom stereocenters. The Hall–Kier alpha value is -1.32. The smallest absolute Gasteiger partial charge is 0.303 e. The highest BCUT2D eigenvalue weighted by Gasteiger charge is 2.33. The fourth-order valence-electron chi connectivity index (χ4n) is 3.14. The van der Waals surface area contributed by atoms with Crippen LogP contribution in [0.4, 0.5) is 0 Å². The second-order valence-corrected chi connectivity index (χ2v) is 7.30. The maximum absolute atomic E-state index is 11.1. The summed E-state index contributed by atoms with van der Waals surface area (Å²) in [6, 6.07) is 7.35. The van der Waals surface area contributed by atoms with Crippen LogP contribution in [-0.4, -0.2) is 30.6 Å². The van der Waals surface area contributed by atoms with Crippen molar-refractivity contribution in [3.8, 4) is 6.07 Å². The quantitative estimate of drug-likeness (QED) is 0.594. The number of hydrogen-bond donors (Lipinski definition) is 1. The van der Waals surface area contributed by atoms with E-state index in [4.69, 9.17) is 37.8 Å². The Morgan fingerprint density at radius 3 is 2.77 bits per heavy atom. The van der Waals surface area contributed by atoms with Crippen molar-refractivity contribution in [2.24, 2.45) is 0 Å². The van der Waals surface area contributed by atoms with Crippen LogP contribution in [0, 0.1) is 11.3 Å². The van der Waals surface area contributed by atoms with Gasteiger partial charge in [-0.1, -0.05) is 29.3 Å². The number of carbonyl (C=O) groups is 1. The zero-order valence-corrected chi connectivity index (χ0v) is 16.1. The lowest BCUT2D eigenvalue weighted by atomic mass is 9.74. The molecule has 142 valence electrons. The van der Waals surface area contributed by atoms with Gasteiger partial charge in [0.1, 0.15) is 0 Å². The summed E-state index contributed by atoms with van der Waals surface area (Å²) < 4.78 is 11.3. The van der Waals surface area contributed by atoms with Gasteiger partial charge in [0.25, 0.3) is 0 Å². The van der Waals surface area contributed by atoms with Crippen LogP contribution in [0.25, 0.3) is 0 Å². The molecule has 0 amide bonds. The third-order valence-electron chi connectivity index (χ3n) is 4.64. The summed E-state index contributed by atoms with van der Waals surface area (Å²) in [6.45, 7) is 1.18. The second kappa shape index (κ2) is 10.1. The van der Waals surface area contributed by atoms with Gasteiger partial charge < -0.3 is 14.6 Å². The summed E-state index contributed by atoms with van der Waals surface area (Å²) in [7, 11) is 0. The number of benzene rings is 1. The number of nitriles is 1. The molecule has 1 N–H and O–H groups in total. The van der Waals surface area contributed by atoms with E-state index in [0.29, 0.717) is 41.7 Å². The molecule has 1 heterocycles. The van der Waals surface area contributed by atoms with E-state index in [2.05, 4.69) is 6.07 Å². The van der Waals surface area contributed by atoms with Crippen LogP contribution in [-0.2, 0) is 19.7 Å². The van der Waals surface area contributed by atoms with E-state index in [9.17, 15) is 10.1 Å². The first-order valence-electron chi connectivity index (χ1n) is 8.78. The number of carboxylic acid groups (broad SMARTS) is 1. The molecule has 2 rings (SSSR count). The predicted molar refractivity (Wildman–Crippen MR) is 99.4 cm³/mol. The monoisotopic (exact) mass is 399 g/mol. The molecule has 0 aliphatic carbocycles.